The Labute approximate surface area is 109 Å². The number of carboxylic acids is 1. The van der Waals surface area contributed by atoms with Gasteiger partial charge in [0.15, 0.2) is 0 Å². The van der Waals surface area contributed by atoms with Crippen LogP contribution in [0.3, 0.4) is 0 Å². The summed E-state index contributed by atoms with van der Waals surface area (Å²) in [6.45, 7) is 8.52. The molecule has 0 aliphatic heterocycles. The van der Waals surface area contributed by atoms with Crippen LogP contribution in [0.2, 0.25) is 0 Å². The molecule has 0 saturated carbocycles. The molecule has 0 heterocycles. The normalized spacial score (nSPS) is 14.9. The smallest absolute Gasteiger partial charge is 0.306 e. The maximum Gasteiger partial charge on any atom is 0.306 e. The van der Waals surface area contributed by atoms with Gasteiger partial charge in [0.1, 0.15) is 0 Å². The Morgan fingerprint density at radius 2 is 1.89 bits per heavy atom. The number of hydrogen-bond acceptors (Lipinski definition) is 3. The number of nitrogens with one attached hydrogen (secondary N) is 1. The molecular weight excluding hydrogens is 232 g/mol. The van der Waals surface area contributed by atoms with Crippen molar-refractivity contribution in [1.82, 2.24) is 5.32 Å². The second kappa shape index (κ2) is 7.36. The van der Waals surface area contributed by atoms with Gasteiger partial charge in [0.2, 0.25) is 5.91 Å². The predicted molar refractivity (Wildman–Crippen MR) is 71.0 cm³/mol. The highest BCUT2D eigenvalue weighted by Crippen LogP contribution is 2.23. The first-order valence-corrected chi connectivity index (χ1v) is 6.38. The van der Waals surface area contributed by atoms with E-state index in [1.807, 2.05) is 0 Å². The quantitative estimate of drug-likeness (QED) is 0.640. The van der Waals surface area contributed by atoms with Crippen molar-refractivity contribution in [3.63, 3.8) is 0 Å². The minimum Gasteiger partial charge on any atom is -0.481 e. The van der Waals surface area contributed by atoms with Crippen LogP contribution in [-0.2, 0) is 9.59 Å². The summed E-state index contributed by atoms with van der Waals surface area (Å²) in [4.78, 5) is 22.5. The molecule has 0 fully saturated rings. The molecule has 4 N–H and O–H groups in total. The van der Waals surface area contributed by atoms with Gasteiger partial charge in [0.05, 0.1) is 11.8 Å². The van der Waals surface area contributed by atoms with E-state index in [0.29, 0.717) is 19.5 Å². The standard InChI is InChI=1S/C13H26N2O3/c1-9(12(17)18)5-6-15-11(16)10(8-14)7-13(2,3)4/h9-10H,5-8,14H2,1-4H3,(H,15,16)(H,17,18). The summed E-state index contributed by atoms with van der Waals surface area (Å²) in [5.41, 5.74) is 5.66. The fourth-order valence-corrected chi connectivity index (χ4v) is 1.70. The lowest BCUT2D eigenvalue weighted by atomic mass is 9.84. The van der Waals surface area contributed by atoms with Crippen molar-refractivity contribution in [2.75, 3.05) is 13.1 Å². The lowest BCUT2D eigenvalue weighted by Crippen LogP contribution is -2.38. The Balaban J connectivity index is 4.10. The highest BCUT2D eigenvalue weighted by molar-refractivity contribution is 5.79. The Morgan fingerprint density at radius 3 is 2.28 bits per heavy atom. The zero-order chi connectivity index (χ0) is 14.3. The maximum atomic E-state index is 11.9. The topological polar surface area (TPSA) is 92.4 Å². The number of carbonyl (C=O) groups excluding carboxylic acids is 1. The van der Waals surface area contributed by atoms with Gasteiger partial charge >= 0.3 is 5.97 Å². The lowest BCUT2D eigenvalue weighted by Gasteiger charge is -2.24. The lowest BCUT2D eigenvalue weighted by molar-refractivity contribution is -0.141. The molecule has 1 amide bonds. The van der Waals surface area contributed by atoms with Crippen molar-refractivity contribution < 1.29 is 14.7 Å². The third-order valence-electron chi connectivity index (χ3n) is 2.81. The van der Waals surface area contributed by atoms with Crippen molar-refractivity contribution in [2.45, 2.75) is 40.5 Å². The fourth-order valence-electron chi connectivity index (χ4n) is 1.70. The first kappa shape index (κ1) is 16.9. The minimum atomic E-state index is -0.839. The average Bonchev–Trinajstić information content (AvgIpc) is 2.23. The van der Waals surface area contributed by atoms with E-state index in [0.717, 1.165) is 6.42 Å². The summed E-state index contributed by atoms with van der Waals surface area (Å²) in [5.74, 6) is -1.56. The molecule has 0 aromatic carbocycles. The van der Waals surface area contributed by atoms with Crippen LogP contribution in [0.25, 0.3) is 0 Å². The van der Waals surface area contributed by atoms with Crippen molar-refractivity contribution in [1.29, 1.82) is 0 Å². The molecule has 18 heavy (non-hydrogen) atoms. The number of aliphatic carboxylic acids is 1. The van der Waals surface area contributed by atoms with E-state index in [1.165, 1.54) is 0 Å². The molecule has 5 nitrogen and oxygen atoms in total. The van der Waals surface area contributed by atoms with Crippen molar-refractivity contribution in [3.05, 3.63) is 0 Å². The van der Waals surface area contributed by atoms with E-state index in [-0.39, 0.29) is 17.2 Å². The zero-order valence-electron chi connectivity index (χ0n) is 11.8. The Kier molecular flexibility index (Phi) is 6.91. The molecule has 5 heteroatoms. The van der Waals surface area contributed by atoms with Crippen LogP contribution < -0.4 is 11.1 Å². The van der Waals surface area contributed by atoms with Crippen LogP contribution in [0, 0.1) is 17.3 Å². The highest BCUT2D eigenvalue weighted by Gasteiger charge is 2.23. The third-order valence-corrected chi connectivity index (χ3v) is 2.81. The Morgan fingerprint density at radius 1 is 1.33 bits per heavy atom. The number of amides is 1. The van der Waals surface area contributed by atoms with Gasteiger partial charge in [-0.15, -0.1) is 0 Å². The van der Waals surface area contributed by atoms with Gasteiger partial charge in [-0.1, -0.05) is 27.7 Å². The van der Waals surface area contributed by atoms with Crippen LogP contribution in [0.15, 0.2) is 0 Å². The molecule has 106 valence electrons. The van der Waals surface area contributed by atoms with Crippen LogP contribution in [0.1, 0.15) is 40.5 Å². The Hall–Kier alpha value is -1.10. The molecule has 0 bridgehead atoms. The van der Waals surface area contributed by atoms with Crippen LogP contribution >= 0.6 is 0 Å². The number of rotatable bonds is 7. The van der Waals surface area contributed by atoms with Crippen LogP contribution in [-0.4, -0.2) is 30.1 Å². The van der Waals surface area contributed by atoms with E-state index in [2.05, 4.69) is 26.1 Å². The van der Waals surface area contributed by atoms with Crippen LogP contribution in [0.4, 0.5) is 0 Å². The van der Waals surface area contributed by atoms with Gasteiger partial charge < -0.3 is 16.2 Å². The molecule has 0 radical (unpaired) electrons. The monoisotopic (exact) mass is 258 g/mol. The van der Waals surface area contributed by atoms with E-state index in [1.54, 1.807) is 6.92 Å². The molecule has 0 rings (SSSR count). The predicted octanol–water partition coefficient (Wildman–Crippen LogP) is 1.22. The molecule has 2 unspecified atom stereocenters. The SMILES string of the molecule is CC(CCNC(=O)C(CN)CC(C)(C)C)C(=O)O. The summed E-state index contributed by atoms with van der Waals surface area (Å²) in [6, 6.07) is 0. The molecule has 0 saturated heterocycles. The summed E-state index contributed by atoms with van der Waals surface area (Å²) in [6.07, 6.45) is 1.16. The number of carbonyl (C=O) groups is 2. The van der Waals surface area contributed by atoms with Gasteiger partial charge in [-0.05, 0) is 18.3 Å². The molecular formula is C13H26N2O3. The molecule has 2 atom stereocenters. The van der Waals surface area contributed by atoms with E-state index >= 15 is 0 Å². The van der Waals surface area contributed by atoms with E-state index < -0.39 is 11.9 Å². The summed E-state index contributed by atoms with van der Waals surface area (Å²) >= 11 is 0. The van der Waals surface area contributed by atoms with Crippen molar-refractivity contribution in [2.24, 2.45) is 23.0 Å². The second-order valence-electron chi connectivity index (χ2n) is 6.02. The van der Waals surface area contributed by atoms with Crippen molar-refractivity contribution in [3.8, 4) is 0 Å². The van der Waals surface area contributed by atoms with Crippen LogP contribution in [0.5, 0.6) is 0 Å². The molecule has 0 aliphatic carbocycles. The number of hydrogen-bond donors (Lipinski definition) is 3. The molecule has 0 aliphatic rings. The molecule has 0 aromatic heterocycles. The van der Waals surface area contributed by atoms with Gasteiger partial charge in [-0.3, -0.25) is 9.59 Å². The fraction of sp³-hybridized carbons (Fsp3) is 0.846. The highest BCUT2D eigenvalue weighted by atomic mass is 16.4. The number of nitrogens with two attached hydrogens (primary N) is 1. The van der Waals surface area contributed by atoms with Gasteiger partial charge in [-0.2, -0.15) is 0 Å². The summed E-state index contributed by atoms with van der Waals surface area (Å²) < 4.78 is 0. The third kappa shape index (κ3) is 7.27. The first-order chi connectivity index (χ1) is 8.17. The zero-order valence-corrected chi connectivity index (χ0v) is 11.8. The second-order valence-corrected chi connectivity index (χ2v) is 6.02. The maximum absolute atomic E-state index is 11.9. The minimum absolute atomic E-state index is 0.0513. The molecule has 0 spiro atoms. The van der Waals surface area contributed by atoms with Crippen molar-refractivity contribution >= 4 is 11.9 Å². The summed E-state index contributed by atoms with van der Waals surface area (Å²) in [7, 11) is 0. The first-order valence-electron chi connectivity index (χ1n) is 6.38. The van der Waals surface area contributed by atoms with Gasteiger partial charge in [0.25, 0.3) is 0 Å². The van der Waals surface area contributed by atoms with Gasteiger partial charge in [0, 0.05) is 13.1 Å². The average molecular weight is 258 g/mol. The Bertz CT molecular complexity index is 284. The number of carboxylic acid groups (broad SMARTS) is 1. The van der Waals surface area contributed by atoms with Gasteiger partial charge in [-0.25, -0.2) is 0 Å². The van der Waals surface area contributed by atoms with E-state index in [9.17, 15) is 9.59 Å². The molecule has 0 aromatic rings. The largest absolute Gasteiger partial charge is 0.481 e. The van der Waals surface area contributed by atoms with E-state index in [4.69, 9.17) is 10.8 Å². The summed E-state index contributed by atoms with van der Waals surface area (Å²) in [5, 5.41) is 11.5.